The summed E-state index contributed by atoms with van der Waals surface area (Å²) in [7, 11) is 0. The van der Waals surface area contributed by atoms with Crippen LogP contribution < -0.4 is 21.7 Å². The van der Waals surface area contributed by atoms with Gasteiger partial charge < -0.3 is 31.5 Å². The van der Waals surface area contributed by atoms with E-state index in [0.717, 1.165) is 25.8 Å². The number of nitrogens with zero attached hydrogens (tertiary/aromatic N) is 2. The highest BCUT2D eigenvalue weighted by Crippen LogP contribution is 2.26. The van der Waals surface area contributed by atoms with Crippen LogP contribution in [-0.2, 0) is 24.0 Å². The van der Waals surface area contributed by atoms with Crippen LogP contribution >= 0.6 is 0 Å². The molecule has 5 amide bonds. The molecule has 35 heavy (non-hydrogen) atoms. The van der Waals surface area contributed by atoms with Crippen LogP contribution in [0.3, 0.4) is 0 Å². The minimum absolute atomic E-state index is 0.0488. The van der Waals surface area contributed by atoms with Crippen molar-refractivity contribution in [1.29, 1.82) is 0 Å². The molecule has 0 aliphatic carbocycles. The van der Waals surface area contributed by atoms with Gasteiger partial charge in [0.15, 0.2) is 0 Å². The molecule has 196 valence electrons. The average molecular weight is 493 g/mol. The molecule has 0 bridgehead atoms. The number of hydrogen-bond donors (Lipinski definition) is 4. The Morgan fingerprint density at radius 3 is 2.29 bits per heavy atom. The Kier molecular flexibility index (Phi) is 9.47. The minimum Gasteiger partial charge on any atom is -0.368 e. The van der Waals surface area contributed by atoms with Gasteiger partial charge in [-0.25, -0.2) is 0 Å². The van der Waals surface area contributed by atoms with Gasteiger partial charge in [-0.3, -0.25) is 24.0 Å². The first-order valence-corrected chi connectivity index (χ1v) is 12.9. The summed E-state index contributed by atoms with van der Waals surface area (Å²) in [6.07, 6.45) is 4.71. The summed E-state index contributed by atoms with van der Waals surface area (Å²) in [6, 6.07) is -1.53. The van der Waals surface area contributed by atoms with Crippen molar-refractivity contribution in [1.82, 2.24) is 25.8 Å². The number of rotatable bonds is 9. The second-order valence-corrected chi connectivity index (χ2v) is 10.3. The van der Waals surface area contributed by atoms with Crippen LogP contribution in [0.2, 0.25) is 0 Å². The van der Waals surface area contributed by atoms with Gasteiger partial charge in [-0.05, 0) is 57.4 Å². The zero-order valence-electron chi connectivity index (χ0n) is 20.9. The van der Waals surface area contributed by atoms with Gasteiger partial charge in [-0.15, -0.1) is 0 Å². The highest BCUT2D eigenvalue weighted by atomic mass is 16.2. The van der Waals surface area contributed by atoms with Crippen LogP contribution in [0.1, 0.15) is 58.8 Å². The second-order valence-electron chi connectivity index (χ2n) is 10.3. The topological polar surface area (TPSA) is 154 Å². The van der Waals surface area contributed by atoms with E-state index in [-0.39, 0.29) is 42.1 Å². The van der Waals surface area contributed by atoms with Gasteiger partial charge in [0.2, 0.25) is 29.5 Å². The van der Waals surface area contributed by atoms with Crippen LogP contribution in [0.4, 0.5) is 0 Å². The first kappa shape index (κ1) is 26.9. The van der Waals surface area contributed by atoms with Gasteiger partial charge in [-0.1, -0.05) is 13.8 Å². The second kappa shape index (κ2) is 12.3. The normalized spacial score (nSPS) is 23.9. The molecule has 3 fully saturated rings. The predicted molar refractivity (Wildman–Crippen MR) is 129 cm³/mol. The predicted octanol–water partition coefficient (Wildman–Crippen LogP) is -0.900. The number of piperidine rings is 1. The van der Waals surface area contributed by atoms with Crippen molar-refractivity contribution in [3.8, 4) is 0 Å². The number of amides is 5. The Balaban J connectivity index is 1.55. The van der Waals surface area contributed by atoms with E-state index >= 15 is 0 Å². The lowest BCUT2D eigenvalue weighted by molar-refractivity contribution is -0.145. The molecule has 3 unspecified atom stereocenters. The van der Waals surface area contributed by atoms with Crippen LogP contribution in [0.5, 0.6) is 0 Å². The molecule has 11 heteroatoms. The third-order valence-electron chi connectivity index (χ3n) is 7.13. The van der Waals surface area contributed by atoms with E-state index in [1.165, 1.54) is 0 Å². The molecule has 0 aromatic rings. The van der Waals surface area contributed by atoms with Gasteiger partial charge in [0.05, 0.1) is 12.6 Å². The molecule has 11 nitrogen and oxygen atoms in total. The first-order valence-electron chi connectivity index (χ1n) is 12.9. The number of nitrogens with two attached hydrogens (primary N) is 1. The zero-order valence-corrected chi connectivity index (χ0v) is 20.9. The molecule has 0 aromatic carbocycles. The summed E-state index contributed by atoms with van der Waals surface area (Å²) < 4.78 is 0. The maximum atomic E-state index is 13.3. The SMILES string of the molecule is CC(C)CC(NC(=O)C1CCCN1C(=O)C1CCN(C(=O)C2CCCN2)CC1)C(=O)NCC(N)=O. The monoisotopic (exact) mass is 492 g/mol. The summed E-state index contributed by atoms with van der Waals surface area (Å²) >= 11 is 0. The number of likely N-dealkylation sites (tertiary alicyclic amines) is 2. The number of carbonyl (C=O) groups is 5. The molecule has 0 aromatic heterocycles. The lowest BCUT2D eigenvalue weighted by Gasteiger charge is -2.35. The first-order chi connectivity index (χ1) is 16.7. The molecule has 3 atom stereocenters. The molecular formula is C24H40N6O5. The minimum atomic E-state index is -0.808. The number of hydrogen-bond acceptors (Lipinski definition) is 6. The Morgan fingerprint density at radius 2 is 1.69 bits per heavy atom. The van der Waals surface area contributed by atoms with E-state index < -0.39 is 23.9 Å². The molecule has 5 N–H and O–H groups in total. The molecule has 3 heterocycles. The van der Waals surface area contributed by atoms with Crippen LogP contribution in [0.25, 0.3) is 0 Å². The molecule has 3 saturated heterocycles. The standard InChI is InChI=1S/C24H40N6O5/c1-15(2)13-18(21(32)27-14-20(25)31)28-22(33)19-6-4-10-30(19)23(34)16-7-11-29(12-8-16)24(35)17-5-3-9-26-17/h15-19,26H,3-14H2,1-2H3,(H2,25,31)(H,27,32)(H,28,33). The van der Waals surface area contributed by atoms with E-state index in [0.29, 0.717) is 45.3 Å². The fraction of sp³-hybridized carbons (Fsp3) is 0.792. The van der Waals surface area contributed by atoms with Gasteiger partial charge >= 0.3 is 0 Å². The number of carbonyl (C=O) groups excluding carboxylic acids is 5. The molecular weight excluding hydrogens is 452 g/mol. The lowest BCUT2D eigenvalue weighted by Crippen LogP contribution is -2.55. The van der Waals surface area contributed by atoms with E-state index in [1.807, 2.05) is 18.7 Å². The molecule has 3 aliphatic rings. The Bertz CT molecular complexity index is 804. The Labute approximate surface area is 206 Å². The summed E-state index contributed by atoms with van der Waals surface area (Å²) in [5.74, 6) is -1.48. The van der Waals surface area contributed by atoms with Crippen molar-refractivity contribution in [3.05, 3.63) is 0 Å². The van der Waals surface area contributed by atoms with Gasteiger partial charge in [0.1, 0.15) is 12.1 Å². The summed E-state index contributed by atoms with van der Waals surface area (Å²) in [6.45, 7) is 6.05. The number of primary amides is 1. The lowest BCUT2D eigenvalue weighted by atomic mass is 9.94. The fourth-order valence-corrected chi connectivity index (χ4v) is 5.27. The van der Waals surface area contributed by atoms with Gasteiger partial charge in [0.25, 0.3) is 0 Å². The van der Waals surface area contributed by atoms with Gasteiger partial charge in [-0.2, -0.15) is 0 Å². The van der Waals surface area contributed by atoms with Crippen LogP contribution in [0, 0.1) is 11.8 Å². The third-order valence-corrected chi connectivity index (χ3v) is 7.13. The Hall–Kier alpha value is -2.69. The van der Waals surface area contributed by atoms with Crippen LogP contribution in [0.15, 0.2) is 0 Å². The van der Waals surface area contributed by atoms with Crippen LogP contribution in [-0.4, -0.2) is 90.2 Å². The number of nitrogens with one attached hydrogen (secondary N) is 3. The maximum absolute atomic E-state index is 13.3. The maximum Gasteiger partial charge on any atom is 0.243 e. The summed E-state index contributed by atoms with van der Waals surface area (Å²) in [5, 5.41) is 8.49. The largest absolute Gasteiger partial charge is 0.368 e. The van der Waals surface area contributed by atoms with Crippen molar-refractivity contribution < 1.29 is 24.0 Å². The van der Waals surface area contributed by atoms with Gasteiger partial charge in [0, 0.05) is 25.6 Å². The van der Waals surface area contributed by atoms with E-state index in [1.54, 1.807) is 4.90 Å². The molecule has 3 aliphatic heterocycles. The molecule has 3 rings (SSSR count). The van der Waals surface area contributed by atoms with Crippen molar-refractivity contribution in [2.75, 3.05) is 32.7 Å². The van der Waals surface area contributed by atoms with Crippen molar-refractivity contribution in [2.45, 2.75) is 76.9 Å². The highest BCUT2D eigenvalue weighted by Gasteiger charge is 2.40. The van der Waals surface area contributed by atoms with E-state index in [9.17, 15) is 24.0 Å². The molecule has 0 spiro atoms. The van der Waals surface area contributed by atoms with E-state index in [2.05, 4.69) is 16.0 Å². The fourth-order valence-electron chi connectivity index (χ4n) is 5.27. The Morgan fingerprint density at radius 1 is 0.971 bits per heavy atom. The summed E-state index contributed by atoms with van der Waals surface area (Å²) in [5.41, 5.74) is 5.11. The van der Waals surface area contributed by atoms with Crippen molar-refractivity contribution in [2.24, 2.45) is 17.6 Å². The van der Waals surface area contributed by atoms with Crippen molar-refractivity contribution in [3.63, 3.8) is 0 Å². The average Bonchev–Trinajstić information content (AvgIpc) is 3.53. The van der Waals surface area contributed by atoms with Crippen molar-refractivity contribution >= 4 is 29.5 Å². The highest BCUT2D eigenvalue weighted by molar-refractivity contribution is 5.94. The quantitative estimate of drug-likeness (QED) is 0.327. The smallest absolute Gasteiger partial charge is 0.243 e. The zero-order chi connectivity index (χ0) is 25.5. The van der Waals surface area contributed by atoms with E-state index in [4.69, 9.17) is 5.73 Å². The molecule has 0 radical (unpaired) electrons. The summed E-state index contributed by atoms with van der Waals surface area (Å²) in [4.78, 5) is 66.1. The molecule has 0 saturated carbocycles. The third kappa shape index (κ3) is 7.16.